The molecule has 0 aliphatic carbocycles. The summed E-state index contributed by atoms with van der Waals surface area (Å²) in [5, 5.41) is 0. The van der Waals surface area contributed by atoms with Crippen molar-refractivity contribution in [3.05, 3.63) is 109 Å². The molecule has 0 fully saturated rings. The second-order valence-corrected chi connectivity index (χ2v) is 10.7. The number of rotatable bonds is 7. The third-order valence-corrected chi connectivity index (χ3v) is 8.17. The number of furan rings is 1. The molecule has 0 bridgehead atoms. The Labute approximate surface area is 238 Å². The van der Waals surface area contributed by atoms with Crippen LogP contribution in [0.1, 0.15) is 41.6 Å². The van der Waals surface area contributed by atoms with Gasteiger partial charge in [-0.25, -0.2) is 14.6 Å². The summed E-state index contributed by atoms with van der Waals surface area (Å²) in [5.41, 5.74) is 2.27. The van der Waals surface area contributed by atoms with E-state index in [0.717, 1.165) is 10.5 Å². The van der Waals surface area contributed by atoms with Crippen molar-refractivity contribution in [3.63, 3.8) is 0 Å². The minimum atomic E-state index is -0.688. The van der Waals surface area contributed by atoms with Gasteiger partial charge in [0.25, 0.3) is 5.56 Å². The molecule has 1 aliphatic rings. The molecule has 0 unspecified atom stereocenters. The van der Waals surface area contributed by atoms with Crippen LogP contribution in [0.3, 0.4) is 0 Å². The smallest absolute Gasteiger partial charge is 0.338 e. The summed E-state index contributed by atoms with van der Waals surface area (Å²) in [6, 6.07) is 17.5. The average Bonchev–Trinajstić information content (AvgIpc) is 3.56. The number of hydrogen-bond donors (Lipinski definition) is 0. The van der Waals surface area contributed by atoms with E-state index in [0.29, 0.717) is 43.3 Å². The molecular weight excluding hydrogens is 548 g/mol. The zero-order chi connectivity index (χ0) is 28.4. The Morgan fingerprint density at radius 1 is 1.10 bits per heavy atom. The third-order valence-electron chi connectivity index (χ3n) is 6.45. The number of thiazole rings is 1. The van der Waals surface area contributed by atoms with Gasteiger partial charge < -0.3 is 13.9 Å². The SMILES string of the molecule is CCOC(=O)C1=C(C)N=c2s/c(=C/c3ccc(-c4ccccc4C(=O)OC)o3)c(=O)n2[C@H]1c1ccc(SC)cc1. The van der Waals surface area contributed by atoms with Crippen molar-refractivity contribution in [2.24, 2.45) is 4.99 Å². The minimum Gasteiger partial charge on any atom is -0.465 e. The van der Waals surface area contributed by atoms with Gasteiger partial charge in [0.1, 0.15) is 11.5 Å². The zero-order valence-electron chi connectivity index (χ0n) is 22.3. The fraction of sp³-hybridized carbons (Fsp3) is 0.200. The first-order chi connectivity index (χ1) is 19.4. The van der Waals surface area contributed by atoms with Crippen LogP contribution in [-0.2, 0) is 14.3 Å². The van der Waals surface area contributed by atoms with Crippen molar-refractivity contribution in [2.45, 2.75) is 24.8 Å². The van der Waals surface area contributed by atoms with Crippen LogP contribution in [0.15, 0.2) is 91.0 Å². The van der Waals surface area contributed by atoms with Crippen LogP contribution in [0.5, 0.6) is 0 Å². The van der Waals surface area contributed by atoms with Gasteiger partial charge in [-0.2, -0.15) is 0 Å². The molecule has 0 amide bonds. The highest BCUT2D eigenvalue weighted by Gasteiger charge is 2.33. The highest BCUT2D eigenvalue weighted by atomic mass is 32.2. The van der Waals surface area contributed by atoms with E-state index in [1.54, 1.807) is 72.7 Å². The number of benzene rings is 2. The molecule has 0 saturated heterocycles. The topological polar surface area (TPSA) is 100 Å². The number of hydrogen-bond acceptors (Lipinski definition) is 9. The van der Waals surface area contributed by atoms with Gasteiger partial charge in [-0.1, -0.05) is 41.7 Å². The summed E-state index contributed by atoms with van der Waals surface area (Å²) in [6.45, 7) is 3.70. The number of carbonyl (C=O) groups is 2. The molecule has 40 heavy (non-hydrogen) atoms. The Kier molecular flexibility index (Phi) is 7.90. The molecule has 0 saturated carbocycles. The number of carbonyl (C=O) groups excluding carboxylic acids is 2. The molecule has 8 nitrogen and oxygen atoms in total. The van der Waals surface area contributed by atoms with Crippen molar-refractivity contribution >= 4 is 41.1 Å². The molecule has 1 atom stereocenters. The largest absolute Gasteiger partial charge is 0.465 e. The second kappa shape index (κ2) is 11.5. The Bertz CT molecular complexity index is 1810. The van der Waals surface area contributed by atoms with Crippen molar-refractivity contribution in [3.8, 4) is 11.3 Å². The number of aromatic nitrogens is 1. The number of allylic oxidation sites excluding steroid dienone is 1. The lowest BCUT2D eigenvalue weighted by Crippen LogP contribution is -2.39. The van der Waals surface area contributed by atoms with Gasteiger partial charge in [0.2, 0.25) is 0 Å². The fourth-order valence-corrected chi connectivity index (χ4v) is 6.02. The van der Waals surface area contributed by atoms with E-state index < -0.39 is 18.0 Å². The molecule has 0 N–H and O–H groups in total. The van der Waals surface area contributed by atoms with Gasteiger partial charge in [-0.15, -0.1) is 11.8 Å². The summed E-state index contributed by atoms with van der Waals surface area (Å²) in [6.07, 6.45) is 3.63. The Morgan fingerprint density at radius 3 is 2.55 bits per heavy atom. The first-order valence-electron chi connectivity index (χ1n) is 12.5. The molecule has 0 spiro atoms. The lowest BCUT2D eigenvalue weighted by atomic mass is 9.96. The lowest BCUT2D eigenvalue weighted by Gasteiger charge is -2.24. The lowest BCUT2D eigenvalue weighted by molar-refractivity contribution is -0.139. The highest BCUT2D eigenvalue weighted by molar-refractivity contribution is 7.98. The van der Waals surface area contributed by atoms with Crippen LogP contribution < -0.4 is 14.9 Å². The first kappa shape index (κ1) is 27.4. The number of ether oxygens (including phenoxy) is 2. The third kappa shape index (κ3) is 5.07. The van der Waals surface area contributed by atoms with Crippen LogP contribution in [0, 0.1) is 0 Å². The Hall–Kier alpha value is -4.15. The maximum absolute atomic E-state index is 13.8. The van der Waals surface area contributed by atoms with E-state index >= 15 is 0 Å². The van der Waals surface area contributed by atoms with Gasteiger partial charge in [0.15, 0.2) is 4.80 Å². The zero-order valence-corrected chi connectivity index (χ0v) is 23.9. The van der Waals surface area contributed by atoms with Gasteiger partial charge in [0.05, 0.1) is 41.1 Å². The monoisotopic (exact) mass is 574 g/mol. The number of nitrogens with zero attached hydrogens (tertiary/aromatic N) is 2. The molecule has 2 aromatic carbocycles. The maximum Gasteiger partial charge on any atom is 0.338 e. The number of fused-ring (bicyclic) bond motifs is 1. The summed E-state index contributed by atoms with van der Waals surface area (Å²) < 4.78 is 18.2. The Morgan fingerprint density at radius 2 is 1.85 bits per heavy atom. The number of thioether (sulfide) groups is 1. The van der Waals surface area contributed by atoms with Crippen molar-refractivity contribution < 1.29 is 23.5 Å². The van der Waals surface area contributed by atoms with Crippen molar-refractivity contribution in [2.75, 3.05) is 20.0 Å². The van der Waals surface area contributed by atoms with Crippen LogP contribution in [0.4, 0.5) is 0 Å². The summed E-state index contributed by atoms with van der Waals surface area (Å²) >= 11 is 2.82. The predicted octanol–water partition coefficient (Wildman–Crippen LogP) is 4.57. The molecule has 2 aromatic heterocycles. The predicted molar refractivity (Wildman–Crippen MR) is 154 cm³/mol. The van der Waals surface area contributed by atoms with E-state index in [1.165, 1.54) is 18.4 Å². The van der Waals surface area contributed by atoms with E-state index in [2.05, 4.69) is 4.99 Å². The molecule has 204 valence electrons. The van der Waals surface area contributed by atoms with Crippen molar-refractivity contribution in [1.82, 2.24) is 4.57 Å². The Balaban J connectivity index is 1.62. The first-order valence-corrected chi connectivity index (χ1v) is 14.5. The number of methoxy groups -OCH3 is 1. The van der Waals surface area contributed by atoms with Gasteiger partial charge in [-0.3, -0.25) is 9.36 Å². The molecule has 3 heterocycles. The van der Waals surface area contributed by atoms with Crippen LogP contribution >= 0.6 is 23.1 Å². The van der Waals surface area contributed by atoms with Gasteiger partial charge in [-0.05, 0) is 56.0 Å². The van der Waals surface area contributed by atoms with E-state index in [1.807, 2.05) is 30.5 Å². The van der Waals surface area contributed by atoms with Crippen molar-refractivity contribution in [1.29, 1.82) is 0 Å². The molecule has 4 aromatic rings. The summed E-state index contributed by atoms with van der Waals surface area (Å²) in [4.78, 5) is 45.3. The summed E-state index contributed by atoms with van der Waals surface area (Å²) in [5.74, 6) is -0.0773. The van der Waals surface area contributed by atoms with E-state index in [4.69, 9.17) is 13.9 Å². The highest BCUT2D eigenvalue weighted by Crippen LogP contribution is 2.32. The van der Waals surface area contributed by atoms with Gasteiger partial charge >= 0.3 is 11.9 Å². The molecule has 0 radical (unpaired) electrons. The molecular formula is C30H26N2O6S2. The maximum atomic E-state index is 13.8. The van der Waals surface area contributed by atoms with Crippen LogP contribution in [-0.4, -0.2) is 36.5 Å². The molecule has 10 heteroatoms. The van der Waals surface area contributed by atoms with Crippen LogP contribution in [0.2, 0.25) is 0 Å². The minimum absolute atomic E-state index is 0.206. The van der Waals surface area contributed by atoms with E-state index in [9.17, 15) is 14.4 Å². The quantitative estimate of drug-likeness (QED) is 0.236. The second-order valence-electron chi connectivity index (χ2n) is 8.81. The summed E-state index contributed by atoms with van der Waals surface area (Å²) in [7, 11) is 1.33. The van der Waals surface area contributed by atoms with E-state index in [-0.39, 0.29) is 12.2 Å². The normalized spacial score (nSPS) is 15.0. The molecule has 1 aliphatic heterocycles. The van der Waals surface area contributed by atoms with Crippen LogP contribution in [0.25, 0.3) is 17.4 Å². The van der Waals surface area contributed by atoms with Gasteiger partial charge in [0, 0.05) is 16.5 Å². The molecule has 5 rings (SSSR count). The number of esters is 2. The average molecular weight is 575 g/mol. The fourth-order valence-electron chi connectivity index (χ4n) is 4.58. The standard InChI is InChI=1S/C30H26N2O6S2/c1-5-37-29(35)25-17(2)31-30-32(26(25)18-10-13-20(39-4)14-11-18)27(33)24(40-30)16-19-12-15-23(38-19)21-8-6-7-9-22(21)28(34)36-3/h6-16,26H,5H2,1-4H3/b24-16+/t26-/m0/s1.